The Morgan fingerprint density at radius 3 is 2.18 bits per heavy atom. The molecule has 0 saturated heterocycles. The fraction of sp³-hybridized carbons (Fsp3) is 0.529. The number of alkyl halides is 1. The van der Waals surface area contributed by atoms with Crippen molar-refractivity contribution in [3.8, 4) is 0 Å². The lowest BCUT2D eigenvalue weighted by Gasteiger charge is -2.18. The van der Waals surface area contributed by atoms with Gasteiger partial charge in [0, 0.05) is 6.42 Å². The SMILES string of the molecule is O=C(O)C(Br)Cc1ccccc1.O=C(O)CC1CCCCC1. The number of aliphatic carboxylic acids is 2. The molecule has 122 valence electrons. The minimum absolute atomic E-state index is 0.389. The molecule has 5 heteroatoms. The molecule has 0 amide bonds. The Labute approximate surface area is 139 Å². The zero-order valence-corrected chi connectivity index (χ0v) is 14.2. The van der Waals surface area contributed by atoms with Gasteiger partial charge in [0.1, 0.15) is 4.83 Å². The number of hydrogen-bond donors (Lipinski definition) is 2. The predicted octanol–water partition coefficient (Wildman–Crippen LogP) is 4.12. The number of carbonyl (C=O) groups is 2. The summed E-state index contributed by atoms with van der Waals surface area (Å²) in [6.45, 7) is 0. The molecule has 4 nitrogen and oxygen atoms in total. The molecule has 1 saturated carbocycles. The van der Waals surface area contributed by atoms with Crippen LogP contribution in [0.5, 0.6) is 0 Å². The zero-order chi connectivity index (χ0) is 16.4. The number of rotatable bonds is 5. The first-order valence-corrected chi connectivity index (χ1v) is 8.53. The first-order valence-electron chi connectivity index (χ1n) is 7.61. The van der Waals surface area contributed by atoms with Crippen molar-refractivity contribution < 1.29 is 19.8 Å². The molecular weight excluding hydrogens is 348 g/mol. The van der Waals surface area contributed by atoms with E-state index in [1.165, 1.54) is 19.3 Å². The quantitative estimate of drug-likeness (QED) is 0.764. The van der Waals surface area contributed by atoms with Gasteiger partial charge in [-0.05, 0) is 30.7 Å². The van der Waals surface area contributed by atoms with Gasteiger partial charge >= 0.3 is 11.9 Å². The summed E-state index contributed by atoms with van der Waals surface area (Å²) in [6, 6.07) is 9.54. The van der Waals surface area contributed by atoms with E-state index in [4.69, 9.17) is 10.2 Å². The van der Waals surface area contributed by atoms with E-state index in [1.54, 1.807) is 0 Å². The van der Waals surface area contributed by atoms with Gasteiger partial charge < -0.3 is 10.2 Å². The molecule has 0 spiro atoms. The van der Waals surface area contributed by atoms with Gasteiger partial charge in [0.15, 0.2) is 0 Å². The normalized spacial score (nSPS) is 16.2. The lowest BCUT2D eigenvalue weighted by atomic mass is 9.87. The van der Waals surface area contributed by atoms with Crippen LogP contribution in [0.25, 0.3) is 0 Å². The van der Waals surface area contributed by atoms with E-state index in [9.17, 15) is 9.59 Å². The molecule has 0 aliphatic heterocycles. The Morgan fingerprint density at radius 2 is 1.68 bits per heavy atom. The van der Waals surface area contributed by atoms with Crippen LogP contribution < -0.4 is 0 Å². The van der Waals surface area contributed by atoms with Gasteiger partial charge in [-0.3, -0.25) is 9.59 Å². The Morgan fingerprint density at radius 1 is 1.09 bits per heavy atom. The van der Waals surface area contributed by atoms with Crippen LogP contribution in [0.15, 0.2) is 30.3 Å². The number of halogens is 1. The highest BCUT2D eigenvalue weighted by molar-refractivity contribution is 9.10. The molecule has 2 rings (SSSR count). The van der Waals surface area contributed by atoms with Crippen LogP contribution in [0.1, 0.15) is 44.1 Å². The van der Waals surface area contributed by atoms with Crippen LogP contribution in [-0.2, 0) is 16.0 Å². The first-order chi connectivity index (χ1) is 10.5. The largest absolute Gasteiger partial charge is 0.481 e. The minimum Gasteiger partial charge on any atom is -0.481 e. The van der Waals surface area contributed by atoms with E-state index >= 15 is 0 Å². The zero-order valence-electron chi connectivity index (χ0n) is 12.6. The van der Waals surface area contributed by atoms with Crippen molar-refractivity contribution in [3.63, 3.8) is 0 Å². The second kappa shape index (κ2) is 10.4. The van der Waals surface area contributed by atoms with E-state index in [2.05, 4.69) is 15.9 Å². The van der Waals surface area contributed by atoms with Crippen molar-refractivity contribution >= 4 is 27.9 Å². The predicted molar refractivity (Wildman–Crippen MR) is 89.3 cm³/mol. The van der Waals surface area contributed by atoms with Crippen LogP contribution in [0.3, 0.4) is 0 Å². The highest BCUT2D eigenvalue weighted by Gasteiger charge is 2.15. The van der Waals surface area contributed by atoms with E-state index in [0.29, 0.717) is 18.8 Å². The van der Waals surface area contributed by atoms with Crippen LogP contribution >= 0.6 is 15.9 Å². The van der Waals surface area contributed by atoms with Gasteiger partial charge in [0.2, 0.25) is 0 Å². The van der Waals surface area contributed by atoms with Crippen molar-refractivity contribution in [3.05, 3.63) is 35.9 Å². The second-order valence-electron chi connectivity index (χ2n) is 5.60. The number of hydrogen-bond acceptors (Lipinski definition) is 2. The van der Waals surface area contributed by atoms with Crippen LogP contribution in [0.2, 0.25) is 0 Å². The van der Waals surface area contributed by atoms with Gasteiger partial charge in [-0.1, -0.05) is 65.5 Å². The van der Waals surface area contributed by atoms with E-state index in [1.807, 2.05) is 30.3 Å². The van der Waals surface area contributed by atoms with Crippen molar-refractivity contribution in [2.24, 2.45) is 5.92 Å². The van der Waals surface area contributed by atoms with Gasteiger partial charge in [0.25, 0.3) is 0 Å². The van der Waals surface area contributed by atoms with Crippen molar-refractivity contribution in [1.82, 2.24) is 0 Å². The van der Waals surface area contributed by atoms with Gasteiger partial charge in [-0.2, -0.15) is 0 Å². The third kappa shape index (κ3) is 8.17. The van der Waals surface area contributed by atoms with Crippen molar-refractivity contribution in [2.75, 3.05) is 0 Å². The average molecular weight is 371 g/mol. The second-order valence-corrected chi connectivity index (χ2v) is 6.70. The van der Waals surface area contributed by atoms with Gasteiger partial charge in [-0.25, -0.2) is 0 Å². The topological polar surface area (TPSA) is 74.6 Å². The number of carboxylic acids is 2. The third-order valence-corrected chi connectivity index (χ3v) is 4.43. The number of benzene rings is 1. The van der Waals surface area contributed by atoms with E-state index in [0.717, 1.165) is 18.4 Å². The minimum atomic E-state index is -0.821. The summed E-state index contributed by atoms with van der Waals surface area (Å²) in [4.78, 5) is 20.2. The smallest absolute Gasteiger partial charge is 0.317 e. The summed E-state index contributed by atoms with van der Waals surface area (Å²) in [5, 5.41) is 17.1. The monoisotopic (exact) mass is 370 g/mol. The summed E-state index contributed by atoms with van der Waals surface area (Å²) in [5.74, 6) is -0.975. The summed E-state index contributed by atoms with van der Waals surface area (Å²) in [5.41, 5.74) is 1.03. The molecule has 0 heterocycles. The Balaban J connectivity index is 0.000000224. The first kappa shape index (κ1) is 18.7. The molecule has 1 aromatic rings. The van der Waals surface area contributed by atoms with Gasteiger partial charge in [-0.15, -0.1) is 0 Å². The molecule has 2 N–H and O–H groups in total. The fourth-order valence-corrected chi connectivity index (χ4v) is 2.92. The van der Waals surface area contributed by atoms with Crippen molar-refractivity contribution in [2.45, 2.75) is 49.8 Å². The average Bonchev–Trinajstić information content (AvgIpc) is 2.49. The van der Waals surface area contributed by atoms with E-state index < -0.39 is 16.8 Å². The summed E-state index contributed by atoms with van der Waals surface area (Å²) in [7, 11) is 0. The maximum absolute atomic E-state index is 10.5. The molecule has 1 aromatic carbocycles. The molecule has 1 atom stereocenters. The van der Waals surface area contributed by atoms with E-state index in [-0.39, 0.29) is 0 Å². The molecule has 22 heavy (non-hydrogen) atoms. The lowest BCUT2D eigenvalue weighted by molar-refractivity contribution is -0.138. The molecular formula is C17H23BrO4. The molecule has 0 radical (unpaired) electrons. The summed E-state index contributed by atoms with van der Waals surface area (Å²) < 4.78 is 0. The maximum Gasteiger partial charge on any atom is 0.317 e. The molecule has 1 aliphatic carbocycles. The Hall–Kier alpha value is -1.36. The molecule has 0 bridgehead atoms. The highest BCUT2D eigenvalue weighted by Crippen LogP contribution is 2.25. The number of carboxylic acid groups (broad SMARTS) is 2. The molecule has 1 fully saturated rings. The maximum atomic E-state index is 10.5. The van der Waals surface area contributed by atoms with Crippen molar-refractivity contribution in [1.29, 1.82) is 0 Å². The Bertz CT molecular complexity index is 455. The standard InChI is InChI=1S/C9H9BrO2.C8H14O2/c10-8(9(11)12)6-7-4-2-1-3-5-7;9-8(10)6-7-4-2-1-3-5-7/h1-5,8H,6H2,(H,11,12);7H,1-6H2,(H,9,10). The van der Waals surface area contributed by atoms with Crippen LogP contribution in [0, 0.1) is 5.92 Å². The third-order valence-electron chi connectivity index (χ3n) is 3.71. The molecule has 0 aromatic heterocycles. The van der Waals surface area contributed by atoms with Gasteiger partial charge in [0.05, 0.1) is 0 Å². The summed E-state index contributed by atoms with van der Waals surface area (Å²) in [6.07, 6.45) is 6.95. The van der Waals surface area contributed by atoms with Crippen LogP contribution in [0.4, 0.5) is 0 Å². The lowest BCUT2D eigenvalue weighted by Crippen LogP contribution is -2.15. The molecule has 1 unspecified atom stereocenters. The van der Waals surface area contributed by atoms with Crippen LogP contribution in [-0.4, -0.2) is 27.0 Å². The Kier molecular flexibility index (Phi) is 8.82. The fourth-order valence-electron chi connectivity index (χ4n) is 2.55. The highest BCUT2D eigenvalue weighted by atomic mass is 79.9. The summed E-state index contributed by atoms with van der Waals surface area (Å²) >= 11 is 3.08. The molecule has 1 aliphatic rings.